The van der Waals surface area contributed by atoms with Crippen LogP contribution in [-0.2, 0) is 0 Å². The van der Waals surface area contributed by atoms with Crippen LogP contribution in [0, 0.1) is 16.7 Å². The Morgan fingerprint density at radius 3 is 2.25 bits per heavy atom. The first-order valence-electron chi connectivity index (χ1n) is 4.46. The molecule has 0 heterocycles. The number of rotatable bonds is 3. The number of hydrogen-bond acceptors (Lipinski definition) is 2. The van der Waals surface area contributed by atoms with Gasteiger partial charge in [-0.15, -0.1) is 0 Å². The lowest BCUT2D eigenvalue weighted by atomic mass is 9.87. The highest BCUT2D eigenvalue weighted by molar-refractivity contribution is 4.80. The molecule has 0 aliphatic heterocycles. The van der Waals surface area contributed by atoms with E-state index in [4.69, 9.17) is 5.26 Å². The SMILES string of the molecule is CC(N(C)CCC#N)C(C)(C)C. The zero-order valence-corrected chi connectivity index (χ0v) is 8.89. The molecule has 0 aliphatic carbocycles. The third kappa shape index (κ3) is 3.73. The van der Waals surface area contributed by atoms with Gasteiger partial charge in [0.25, 0.3) is 0 Å². The van der Waals surface area contributed by atoms with Crippen molar-refractivity contribution in [1.82, 2.24) is 4.90 Å². The summed E-state index contributed by atoms with van der Waals surface area (Å²) in [7, 11) is 2.08. The van der Waals surface area contributed by atoms with Crippen LogP contribution in [0.2, 0.25) is 0 Å². The van der Waals surface area contributed by atoms with Crippen molar-refractivity contribution < 1.29 is 0 Å². The molecule has 0 aliphatic rings. The van der Waals surface area contributed by atoms with Crippen molar-refractivity contribution >= 4 is 0 Å². The minimum absolute atomic E-state index is 0.296. The Balaban J connectivity index is 3.94. The Hall–Kier alpha value is -0.550. The second-order valence-electron chi connectivity index (χ2n) is 4.43. The van der Waals surface area contributed by atoms with Crippen molar-refractivity contribution in [2.75, 3.05) is 13.6 Å². The molecule has 2 heteroatoms. The summed E-state index contributed by atoms with van der Waals surface area (Å²) < 4.78 is 0. The van der Waals surface area contributed by atoms with Crippen LogP contribution in [0.1, 0.15) is 34.1 Å². The monoisotopic (exact) mass is 168 g/mol. The molecule has 1 atom stereocenters. The fourth-order valence-electron chi connectivity index (χ4n) is 1.08. The van der Waals surface area contributed by atoms with E-state index in [0.717, 1.165) is 6.54 Å². The fraction of sp³-hybridized carbons (Fsp3) is 0.900. The second kappa shape index (κ2) is 4.47. The quantitative estimate of drug-likeness (QED) is 0.646. The van der Waals surface area contributed by atoms with Crippen LogP contribution >= 0.6 is 0 Å². The number of nitriles is 1. The Bertz CT molecular complexity index is 162. The Morgan fingerprint density at radius 2 is 1.92 bits per heavy atom. The zero-order chi connectivity index (χ0) is 9.78. The van der Waals surface area contributed by atoms with Crippen LogP contribution in [-0.4, -0.2) is 24.5 Å². The summed E-state index contributed by atoms with van der Waals surface area (Å²) >= 11 is 0. The van der Waals surface area contributed by atoms with E-state index in [2.05, 4.69) is 45.7 Å². The van der Waals surface area contributed by atoms with Gasteiger partial charge in [-0.3, -0.25) is 0 Å². The molecule has 0 rings (SSSR count). The van der Waals surface area contributed by atoms with E-state index in [0.29, 0.717) is 17.9 Å². The van der Waals surface area contributed by atoms with Gasteiger partial charge in [0.1, 0.15) is 0 Å². The van der Waals surface area contributed by atoms with Crippen LogP contribution in [0.15, 0.2) is 0 Å². The second-order valence-corrected chi connectivity index (χ2v) is 4.43. The summed E-state index contributed by atoms with van der Waals surface area (Å²) in [6, 6.07) is 2.68. The summed E-state index contributed by atoms with van der Waals surface area (Å²) in [5, 5.41) is 8.42. The maximum absolute atomic E-state index is 8.42. The summed E-state index contributed by atoms with van der Waals surface area (Å²) in [6.45, 7) is 9.74. The molecule has 2 nitrogen and oxygen atoms in total. The summed E-state index contributed by atoms with van der Waals surface area (Å²) in [6.07, 6.45) is 0.622. The average Bonchev–Trinajstić information content (AvgIpc) is 1.97. The maximum atomic E-state index is 8.42. The van der Waals surface area contributed by atoms with E-state index < -0.39 is 0 Å². The highest BCUT2D eigenvalue weighted by Gasteiger charge is 2.23. The van der Waals surface area contributed by atoms with Gasteiger partial charge in [0.05, 0.1) is 6.07 Å². The largest absolute Gasteiger partial charge is 0.302 e. The molecule has 0 N–H and O–H groups in total. The normalized spacial score (nSPS) is 14.4. The summed E-state index contributed by atoms with van der Waals surface area (Å²) in [4.78, 5) is 2.24. The van der Waals surface area contributed by atoms with E-state index in [1.54, 1.807) is 0 Å². The van der Waals surface area contributed by atoms with Crippen LogP contribution in [0.25, 0.3) is 0 Å². The lowest BCUT2D eigenvalue weighted by Gasteiger charge is -2.34. The predicted molar refractivity (Wildman–Crippen MR) is 51.8 cm³/mol. The number of hydrogen-bond donors (Lipinski definition) is 0. The van der Waals surface area contributed by atoms with Crippen molar-refractivity contribution in [1.29, 1.82) is 5.26 Å². The average molecular weight is 168 g/mol. The van der Waals surface area contributed by atoms with E-state index in [-0.39, 0.29) is 0 Å². The third-order valence-electron chi connectivity index (χ3n) is 2.49. The molecule has 70 valence electrons. The van der Waals surface area contributed by atoms with Gasteiger partial charge < -0.3 is 4.90 Å². The first kappa shape index (κ1) is 11.4. The minimum Gasteiger partial charge on any atom is -0.302 e. The molecular weight excluding hydrogens is 148 g/mol. The lowest BCUT2D eigenvalue weighted by Crippen LogP contribution is -2.39. The standard InChI is InChI=1S/C10H20N2/c1-9(10(2,3)4)12(5)8-6-7-11/h9H,6,8H2,1-5H3. The van der Waals surface area contributed by atoms with Gasteiger partial charge in [-0.1, -0.05) is 20.8 Å². The molecule has 0 radical (unpaired) electrons. The molecule has 1 unspecified atom stereocenters. The van der Waals surface area contributed by atoms with Gasteiger partial charge >= 0.3 is 0 Å². The number of nitrogens with zero attached hydrogens (tertiary/aromatic N) is 2. The van der Waals surface area contributed by atoms with Gasteiger partial charge in [0, 0.05) is 19.0 Å². The molecule has 0 saturated heterocycles. The van der Waals surface area contributed by atoms with Crippen molar-refractivity contribution in [3.63, 3.8) is 0 Å². The van der Waals surface area contributed by atoms with Crippen LogP contribution < -0.4 is 0 Å². The Morgan fingerprint density at radius 1 is 1.42 bits per heavy atom. The van der Waals surface area contributed by atoms with Crippen molar-refractivity contribution in [3.05, 3.63) is 0 Å². The zero-order valence-electron chi connectivity index (χ0n) is 8.89. The molecule has 0 bridgehead atoms. The smallest absolute Gasteiger partial charge is 0.0635 e. The van der Waals surface area contributed by atoms with Crippen molar-refractivity contribution in [2.24, 2.45) is 5.41 Å². The van der Waals surface area contributed by atoms with Gasteiger partial charge in [0.2, 0.25) is 0 Å². The van der Waals surface area contributed by atoms with Gasteiger partial charge in [-0.05, 0) is 19.4 Å². The minimum atomic E-state index is 0.296. The Kier molecular flexibility index (Phi) is 4.26. The molecular formula is C10H20N2. The van der Waals surface area contributed by atoms with Crippen molar-refractivity contribution in [2.45, 2.75) is 40.2 Å². The molecule has 0 fully saturated rings. The van der Waals surface area contributed by atoms with Gasteiger partial charge in [-0.25, -0.2) is 0 Å². The topological polar surface area (TPSA) is 27.0 Å². The molecule has 0 aromatic heterocycles. The molecule has 0 spiro atoms. The molecule has 0 aromatic carbocycles. The van der Waals surface area contributed by atoms with Crippen molar-refractivity contribution in [3.8, 4) is 6.07 Å². The third-order valence-corrected chi connectivity index (χ3v) is 2.49. The van der Waals surface area contributed by atoms with E-state index in [1.165, 1.54) is 0 Å². The summed E-state index contributed by atoms with van der Waals surface area (Å²) in [5.41, 5.74) is 0.296. The predicted octanol–water partition coefficient (Wildman–Crippen LogP) is 2.27. The maximum Gasteiger partial charge on any atom is 0.0635 e. The highest BCUT2D eigenvalue weighted by Crippen LogP contribution is 2.22. The molecule has 0 amide bonds. The first-order valence-corrected chi connectivity index (χ1v) is 4.46. The van der Waals surface area contributed by atoms with Gasteiger partial charge in [0.15, 0.2) is 0 Å². The van der Waals surface area contributed by atoms with E-state index in [1.807, 2.05) is 0 Å². The molecule has 0 aromatic rings. The van der Waals surface area contributed by atoms with E-state index >= 15 is 0 Å². The Labute approximate surface area is 76.2 Å². The van der Waals surface area contributed by atoms with E-state index in [9.17, 15) is 0 Å². The van der Waals surface area contributed by atoms with Crippen LogP contribution in [0.5, 0.6) is 0 Å². The first-order chi connectivity index (χ1) is 5.39. The summed E-state index contributed by atoms with van der Waals surface area (Å²) in [5.74, 6) is 0. The van der Waals surface area contributed by atoms with Crippen LogP contribution in [0.3, 0.4) is 0 Å². The highest BCUT2D eigenvalue weighted by atomic mass is 15.1. The lowest BCUT2D eigenvalue weighted by molar-refractivity contribution is 0.144. The molecule has 12 heavy (non-hydrogen) atoms. The molecule has 0 saturated carbocycles. The van der Waals surface area contributed by atoms with Crippen LogP contribution in [0.4, 0.5) is 0 Å². The fourth-order valence-corrected chi connectivity index (χ4v) is 1.08. The van der Waals surface area contributed by atoms with Gasteiger partial charge in [-0.2, -0.15) is 5.26 Å².